The predicted molar refractivity (Wildman–Crippen MR) is 320 cm³/mol. The van der Waals surface area contributed by atoms with Crippen LogP contribution in [0.15, 0.2) is 84.9 Å². The SMILES string of the molecule is C=CC(=O)N1CCN(c2nc(O[C@H](C)CN3CCC(COCCCOCC(=O)N[C@H](C(=O)N4C[C@H](O)C[C@H]4C(=O)N[C@@H](C)c4ccc(-c5scnc5C)cc4)C(C)(C)C)CC3)nc3c(F)c(-c4cc(O)cc5ccccc45)c(Cl)cc23)CC1. The molecule has 0 unspecified atom stereocenters. The van der Waals surface area contributed by atoms with E-state index in [0.717, 1.165) is 53.0 Å². The van der Waals surface area contributed by atoms with Crippen molar-refractivity contribution >= 4 is 74.1 Å². The number of aryl methyl sites for hydroxylation is 1. The summed E-state index contributed by atoms with van der Waals surface area (Å²) < 4.78 is 35.3. The monoisotopic (exact) mass is 1180 g/mol. The topological polar surface area (TPSA) is 212 Å². The number of aliphatic hydroxyl groups excluding tert-OH is 1. The number of halogens is 2. The average Bonchev–Trinajstić information content (AvgIpc) is 3.29. The Hall–Kier alpha value is -6.81. The number of carbonyl (C=O) groups excluding carboxylic acids is 4. The van der Waals surface area contributed by atoms with Gasteiger partial charge < -0.3 is 49.8 Å². The van der Waals surface area contributed by atoms with E-state index in [-0.39, 0.29) is 78.0 Å². The number of likely N-dealkylation sites (tertiary alicyclic amines) is 2. The lowest BCUT2D eigenvalue weighted by Gasteiger charge is -2.35. The van der Waals surface area contributed by atoms with Gasteiger partial charge in [-0.1, -0.05) is 87.5 Å². The summed E-state index contributed by atoms with van der Waals surface area (Å²) in [5.74, 6) is -1.36. The van der Waals surface area contributed by atoms with E-state index in [1.807, 2.05) is 100 Å². The number of aromatic hydroxyl groups is 1. The fraction of sp³-hybridized carbons (Fsp3) is 0.468. The highest BCUT2D eigenvalue weighted by atomic mass is 35.5. The number of thiazole rings is 1. The largest absolute Gasteiger partial charge is 0.508 e. The summed E-state index contributed by atoms with van der Waals surface area (Å²) in [7, 11) is 0. The molecular formula is C62H75ClFN9O9S. The predicted octanol–water partition coefficient (Wildman–Crippen LogP) is 8.49. The van der Waals surface area contributed by atoms with Crippen LogP contribution in [0, 0.1) is 24.1 Å². The quantitative estimate of drug-likeness (QED) is 0.0393. The molecule has 0 aliphatic carbocycles. The summed E-state index contributed by atoms with van der Waals surface area (Å²) in [5, 5.41) is 29.2. The molecule has 6 aromatic rings. The Bertz CT molecular complexity index is 3310. The number of hydrogen-bond donors (Lipinski definition) is 4. The van der Waals surface area contributed by atoms with Crippen LogP contribution in [-0.4, -0.2) is 167 Å². The third-order valence-electron chi connectivity index (χ3n) is 15.8. The van der Waals surface area contributed by atoms with Gasteiger partial charge in [-0.15, -0.1) is 11.3 Å². The molecule has 4 aromatic carbocycles. The van der Waals surface area contributed by atoms with Gasteiger partial charge >= 0.3 is 6.01 Å². The van der Waals surface area contributed by atoms with Crippen molar-refractivity contribution in [2.75, 3.05) is 83.7 Å². The van der Waals surface area contributed by atoms with Crippen LogP contribution < -0.4 is 20.3 Å². The molecule has 0 spiro atoms. The standard InChI is InChI=1S/C62H75ClFN9O9S/c1-8-52(77)71-22-24-72(25-23-71)58-48-31-49(63)53(47-29-44(74)28-43-12-9-10-13-46(43)47)54(64)55(48)68-61(69-58)82-37(2)32-70-20-18-40(19-21-70)34-80-26-11-27-81-35-51(76)67-57(62(5,6)7)60(79)73-33-45(75)30-50(73)59(78)66-38(3)41-14-16-42(17-15-41)56-39(4)65-36-83-56/h8-10,12-17,28-29,31,36-38,40,45,50,57,74-75H,1,11,18-27,30,32-35H2,2-7H3,(H,66,78)(H,67,76)/t37-,38+,45-,50+,57-/m1/s1. The number of anilines is 1. The Morgan fingerprint density at radius 1 is 0.940 bits per heavy atom. The van der Waals surface area contributed by atoms with E-state index < -0.39 is 41.2 Å². The van der Waals surface area contributed by atoms with Gasteiger partial charge in [0.15, 0.2) is 5.82 Å². The number of piperidine rings is 1. The molecule has 4 N–H and O–H groups in total. The van der Waals surface area contributed by atoms with Crippen molar-refractivity contribution < 1.29 is 48.0 Å². The van der Waals surface area contributed by atoms with Gasteiger partial charge in [0.1, 0.15) is 41.9 Å². The number of phenolic OH excluding ortho intramolecular Hbond substituents is 1. The third-order valence-corrected chi connectivity index (χ3v) is 17.1. The van der Waals surface area contributed by atoms with Crippen molar-refractivity contribution in [3.8, 4) is 33.3 Å². The van der Waals surface area contributed by atoms with Crippen LogP contribution in [0.2, 0.25) is 5.02 Å². The molecule has 3 aliphatic heterocycles. The zero-order valence-electron chi connectivity index (χ0n) is 48.0. The van der Waals surface area contributed by atoms with Crippen LogP contribution in [0.1, 0.15) is 77.6 Å². The number of aliphatic hydroxyl groups is 1. The number of carbonyl (C=O) groups is 4. The Morgan fingerprint density at radius 3 is 2.36 bits per heavy atom. The van der Waals surface area contributed by atoms with Crippen molar-refractivity contribution in [1.82, 2.24) is 40.3 Å². The molecule has 5 atom stereocenters. The first kappa shape index (κ1) is 60.8. The number of β-amino-alcohol motifs (C(OH)–C–C–N with tert-alkyl or cyclic N) is 1. The molecule has 9 rings (SSSR count). The van der Waals surface area contributed by atoms with Crippen LogP contribution in [-0.2, 0) is 28.7 Å². The van der Waals surface area contributed by atoms with Crippen molar-refractivity contribution in [2.24, 2.45) is 11.3 Å². The molecule has 21 heteroatoms. The number of nitrogens with zero attached hydrogens (tertiary/aromatic N) is 7. The van der Waals surface area contributed by atoms with E-state index in [1.165, 1.54) is 17.0 Å². The van der Waals surface area contributed by atoms with Crippen molar-refractivity contribution in [3.63, 3.8) is 0 Å². The first-order valence-corrected chi connectivity index (χ1v) is 29.7. The number of piperazine rings is 1. The van der Waals surface area contributed by atoms with E-state index in [4.69, 9.17) is 30.8 Å². The van der Waals surface area contributed by atoms with Gasteiger partial charge in [0.05, 0.1) is 33.3 Å². The van der Waals surface area contributed by atoms with Crippen molar-refractivity contribution in [1.29, 1.82) is 0 Å². The van der Waals surface area contributed by atoms with E-state index in [1.54, 1.807) is 28.4 Å². The zero-order chi connectivity index (χ0) is 59.1. The maximum absolute atomic E-state index is 17.2. The number of aromatic nitrogens is 3. The molecule has 4 amide bonds. The first-order chi connectivity index (χ1) is 39.8. The van der Waals surface area contributed by atoms with Crippen LogP contribution in [0.25, 0.3) is 43.2 Å². The van der Waals surface area contributed by atoms with Gasteiger partial charge in [-0.05, 0) is 116 Å². The minimum absolute atomic E-state index is 0.0112. The van der Waals surface area contributed by atoms with Crippen LogP contribution in [0.3, 0.4) is 0 Å². The molecule has 0 radical (unpaired) electrons. The second kappa shape index (κ2) is 26.8. The Balaban J connectivity index is 0.722. The zero-order valence-corrected chi connectivity index (χ0v) is 49.6. The Kier molecular flexibility index (Phi) is 19.6. The molecule has 0 saturated carbocycles. The van der Waals surface area contributed by atoms with Gasteiger partial charge in [0, 0.05) is 76.5 Å². The van der Waals surface area contributed by atoms with Crippen molar-refractivity contribution in [3.05, 3.63) is 107 Å². The summed E-state index contributed by atoms with van der Waals surface area (Å²) >= 11 is 8.51. The molecule has 18 nitrogen and oxygen atoms in total. The second-order valence-corrected chi connectivity index (χ2v) is 24.3. The molecule has 0 bridgehead atoms. The number of ether oxygens (including phenoxy) is 3. The summed E-state index contributed by atoms with van der Waals surface area (Å²) in [6.45, 7) is 19.8. The number of nitrogens with one attached hydrogen (secondary N) is 2. The summed E-state index contributed by atoms with van der Waals surface area (Å²) in [6.07, 6.45) is 2.51. The normalized spacial score (nSPS) is 18.3. The molecular weight excluding hydrogens is 1100 g/mol. The number of amides is 4. The smallest absolute Gasteiger partial charge is 0.319 e. The van der Waals surface area contributed by atoms with Crippen LogP contribution in [0.5, 0.6) is 11.8 Å². The molecule has 3 fully saturated rings. The van der Waals surface area contributed by atoms with Gasteiger partial charge in [-0.25, -0.2) is 9.37 Å². The molecule has 3 saturated heterocycles. The maximum atomic E-state index is 17.2. The number of hydrogen-bond acceptors (Lipinski definition) is 15. The highest BCUT2D eigenvalue weighted by Crippen LogP contribution is 2.43. The average molecular weight is 1180 g/mol. The van der Waals surface area contributed by atoms with E-state index >= 15 is 4.39 Å². The highest BCUT2D eigenvalue weighted by Gasteiger charge is 2.45. The van der Waals surface area contributed by atoms with E-state index in [2.05, 4.69) is 32.1 Å². The first-order valence-electron chi connectivity index (χ1n) is 28.5. The summed E-state index contributed by atoms with van der Waals surface area (Å²) in [5.41, 5.74) is 4.53. The fourth-order valence-corrected chi connectivity index (χ4v) is 12.4. The Labute approximate surface area is 493 Å². The second-order valence-electron chi connectivity index (χ2n) is 23.0. The highest BCUT2D eigenvalue weighted by molar-refractivity contribution is 7.13. The molecule has 5 heterocycles. The van der Waals surface area contributed by atoms with E-state index in [0.29, 0.717) is 80.4 Å². The molecule has 3 aliphatic rings. The lowest BCUT2D eigenvalue weighted by atomic mass is 9.85. The van der Waals surface area contributed by atoms with Gasteiger partial charge in [0.2, 0.25) is 23.6 Å². The lowest BCUT2D eigenvalue weighted by molar-refractivity contribution is -0.144. The van der Waals surface area contributed by atoms with Gasteiger partial charge in [0.25, 0.3) is 0 Å². The molecule has 2 aromatic heterocycles. The number of benzene rings is 4. The maximum Gasteiger partial charge on any atom is 0.319 e. The minimum atomic E-state index is -0.979. The minimum Gasteiger partial charge on any atom is -0.508 e. The van der Waals surface area contributed by atoms with Crippen molar-refractivity contribution in [2.45, 2.75) is 97.6 Å². The summed E-state index contributed by atoms with van der Waals surface area (Å²) in [6, 6.07) is 17.8. The molecule has 442 valence electrons. The molecule has 83 heavy (non-hydrogen) atoms. The van der Waals surface area contributed by atoms with Crippen LogP contribution >= 0.6 is 22.9 Å². The summed E-state index contributed by atoms with van der Waals surface area (Å²) in [4.78, 5) is 75.9. The Morgan fingerprint density at radius 2 is 1.66 bits per heavy atom. The lowest BCUT2D eigenvalue weighted by Crippen LogP contribution is -2.58. The van der Waals surface area contributed by atoms with Gasteiger partial charge in [-0.3, -0.25) is 24.1 Å². The fourth-order valence-electron chi connectivity index (χ4n) is 11.3. The van der Waals surface area contributed by atoms with Gasteiger partial charge in [-0.2, -0.15) is 9.97 Å². The number of phenols is 1. The number of rotatable bonds is 21. The van der Waals surface area contributed by atoms with Crippen LogP contribution in [0.4, 0.5) is 10.2 Å². The third kappa shape index (κ3) is 14.6. The number of fused-ring (bicyclic) bond motifs is 2. The van der Waals surface area contributed by atoms with E-state index in [9.17, 15) is 29.4 Å².